The third-order valence-corrected chi connectivity index (χ3v) is 3.93. The molecule has 0 saturated heterocycles. The third kappa shape index (κ3) is 2.21. The maximum atomic E-state index is 4.65. The van der Waals surface area contributed by atoms with E-state index in [4.69, 9.17) is 0 Å². The lowest BCUT2D eigenvalue weighted by atomic mass is 10.0. The van der Waals surface area contributed by atoms with Crippen LogP contribution in [0.25, 0.3) is 5.70 Å². The SMILES string of the molecule is Cc1cc2n(n1)C(c1ccccc1)C=C(c1ccccc1)N2. The standard InChI is InChI=1S/C19H17N3/c1-14-12-19-20-17(15-8-4-2-5-9-15)13-18(22(19)21-14)16-10-6-3-7-11-16/h2-13,18,20H,1H3. The van der Waals surface area contributed by atoms with Crippen LogP contribution in [0.3, 0.4) is 0 Å². The molecule has 1 N–H and O–H groups in total. The molecule has 1 unspecified atom stereocenters. The van der Waals surface area contributed by atoms with Crippen molar-refractivity contribution < 1.29 is 0 Å². The van der Waals surface area contributed by atoms with E-state index in [1.54, 1.807) is 0 Å². The molecule has 0 amide bonds. The normalized spacial score (nSPS) is 16.6. The van der Waals surface area contributed by atoms with Gasteiger partial charge in [0, 0.05) is 11.8 Å². The van der Waals surface area contributed by atoms with Gasteiger partial charge in [-0.05, 0) is 24.1 Å². The van der Waals surface area contributed by atoms with Crippen molar-refractivity contribution in [3.63, 3.8) is 0 Å². The summed E-state index contributed by atoms with van der Waals surface area (Å²) >= 11 is 0. The number of aromatic nitrogens is 2. The summed E-state index contributed by atoms with van der Waals surface area (Å²) in [6.45, 7) is 2.03. The molecule has 108 valence electrons. The lowest BCUT2D eigenvalue weighted by Gasteiger charge is -2.25. The van der Waals surface area contributed by atoms with E-state index in [1.807, 2.05) is 19.1 Å². The van der Waals surface area contributed by atoms with Gasteiger partial charge in [0.2, 0.25) is 0 Å². The second kappa shape index (κ2) is 5.19. The Morgan fingerprint density at radius 2 is 1.64 bits per heavy atom. The number of nitrogens with zero attached hydrogens (tertiary/aromatic N) is 2. The number of rotatable bonds is 2. The van der Waals surface area contributed by atoms with Crippen LogP contribution in [0.15, 0.2) is 72.8 Å². The summed E-state index contributed by atoms with van der Waals surface area (Å²) in [6.07, 6.45) is 2.24. The van der Waals surface area contributed by atoms with Crippen LogP contribution in [0.5, 0.6) is 0 Å². The van der Waals surface area contributed by atoms with Crippen molar-refractivity contribution in [2.75, 3.05) is 5.32 Å². The minimum absolute atomic E-state index is 0.112. The van der Waals surface area contributed by atoms with E-state index in [9.17, 15) is 0 Å². The average Bonchev–Trinajstić information content (AvgIpc) is 2.95. The van der Waals surface area contributed by atoms with Crippen LogP contribution >= 0.6 is 0 Å². The summed E-state index contributed by atoms with van der Waals surface area (Å²) in [5.74, 6) is 1.03. The highest BCUT2D eigenvalue weighted by Gasteiger charge is 2.22. The second-order valence-electron chi connectivity index (χ2n) is 5.54. The van der Waals surface area contributed by atoms with E-state index in [0.717, 1.165) is 17.2 Å². The third-order valence-electron chi connectivity index (χ3n) is 3.93. The molecule has 0 spiro atoms. The van der Waals surface area contributed by atoms with Gasteiger partial charge in [0.05, 0.1) is 11.7 Å². The lowest BCUT2D eigenvalue weighted by Crippen LogP contribution is -2.19. The zero-order chi connectivity index (χ0) is 14.9. The molecule has 0 saturated carbocycles. The van der Waals surface area contributed by atoms with Crippen molar-refractivity contribution in [2.24, 2.45) is 0 Å². The first-order chi connectivity index (χ1) is 10.8. The molecule has 1 atom stereocenters. The predicted octanol–water partition coefficient (Wildman–Crippen LogP) is 4.25. The van der Waals surface area contributed by atoms with Crippen molar-refractivity contribution in [3.8, 4) is 0 Å². The van der Waals surface area contributed by atoms with E-state index in [-0.39, 0.29) is 6.04 Å². The number of anilines is 1. The summed E-state index contributed by atoms with van der Waals surface area (Å²) in [6, 6.07) is 23.1. The predicted molar refractivity (Wildman–Crippen MR) is 89.6 cm³/mol. The van der Waals surface area contributed by atoms with Gasteiger partial charge >= 0.3 is 0 Å². The monoisotopic (exact) mass is 287 g/mol. The minimum atomic E-state index is 0.112. The fourth-order valence-corrected chi connectivity index (χ4v) is 2.90. The molecule has 2 aromatic carbocycles. The highest BCUT2D eigenvalue weighted by molar-refractivity contribution is 5.78. The first kappa shape index (κ1) is 12.9. The largest absolute Gasteiger partial charge is 0.340 e. The van der Waals surface area contributed by atoms with Crippen LogP contribution in [0.2, 0.25) is 0 Å². The molecule has 0 fully saturated rings. The molecule has 1 aliphatic heterocycles. The molecular formula is C19H17N3. The Balaban J connectivity index is 1.85. The molecule has 1 aliphatic rings. The van der Waals surface area contributed by atoms with E-state index < -0.39 is 0 Å². The van der Waals surface area contributed by atoms with Crippen molar-refractivity contribution in [1.82, 2.24) is 9.78 Å². The molecule has 0 bridgehead atoms. The maximum absolute atomic E-state index is 4.65. The number of hydrogen-bond acceptors (Lipinski definition) is 2. The van der Waals surface area contributed by atoms with Gasteiger partial charge in [-0.1, -0.05) is 60.7 Å². The van der Waals surface area contributed by atoms with E-state index in [1.165, 1.54) is 11.1 Å². The number of aryl methyl sites for hydroxylation is 1. The molecule has 0 radical (unpaired) electrons. The second-order valence-corrected chi connectivity index (χ2v) is 5.54. The number of fused-ring (bicyclic) bond motifs is 1. The molecule has 2 heterocycles. The van der Waals surface area contributed by atoms with Gasteiger partial charge in [-0.3, -0.25) is 0 Å². The van der Waals surface area contributed by atoms with E-state index in [2.05, 4.69) is 75.8 Å². The molecular weight excluding hydrogens is 270 g/mol. The van der Waals surface area contributed by atoms with Gasteiger partial charge in [0.1, 0.15) is 5.82 Å². The Labute approximate surface area is 129 Å². The molecule has 1 aromatic heterocycles. The van der Waals surface area contributed by atoms with Crippen molar-refractivity contribution in [2.45, 2.75) is 13.0 Å². The fraction of sp³-hybridized carbons (Fsp3) is 0.105. The van der Waals surface area contributed by atoms with Gasteiger partial charge in [0.25, 0.3) is 0 Å². The highest BCUT2D eigenvalue weighted by Crippen LogP contribution is 2.33. The summed E-state index contributed by atoms with van der Waals surface area (Å²) in [5, 5.41) is 8.14. The van der Waals surface area contributed by atoms with Crippen LogP contribution in [0.4, 0.5) is 5.82 Å². The van der Waals surface area contributed by atoms with Gasteiger partial charge < -0.3 is 5.32 Å². The highest BCUT2D eigenvalue weighted by atomic mass is 15.4. The maximum Gasteiger partial charge on any atom is 0.130 e. The van der Waals surface area contributed by atoms with Gasteiger partial charge in [0.15, 0.2) is 0 Å². The molecule has 22 heavy (non-hydrogen) atoms. The first-order valence-electron chi connectivity index (χ1n) is 7.46. The summed E-state index contributed by atoms with van der Waals surface area (Å²) < 4.78 is 2.05. The summed E-state index contributed by atoms with van der Waals surface area (Å²) in [5.41, 5.74) is 4.57. The Morgan fingerprint density at radius 3 is 2.36 bits per heavy atom. The van der Waals surface area contributed by atoms with Crippen molar-refractivity contribution >= 4 is 11.5 Å². The van der Waals surface area contributed by atoms with Crippen molar-refractivity contribution in [1.29, 1.82) is 0 Å². The van der Waals surface area contributed by atoms with Crippen LogP contribution in [0.1, 0.15) is 22.9 Å². The Kier molecular flexibility index (Phi) is 3.04. The van der Waals surface area contributed by atoms with Crippen LogP contribution in [-0.2, 0) is 0 Å². The van der Waals surface area contributed by atoms with Gasteiger partial charge in [-0.15, -0.1) is 0 Å². The fourth-order valence-electron chi connectivity index (χ4n) is 2.90. The quantitative estimate of drug-likeness (QED) is 0.763. The van der Waals surface area contributed by atoms with Crippen molar-refractivity contribution in [3.05, 3.63) is 89.6 Å². The molecule has 0 aliphatic carbocycles. The summed E-state index contributed by atoms with van der Waals surface area (Å²) in [7, 11) is 0. The zero-order valence-electron chi connectivity index (χ0n) is 12.4. The Morgan fingerprint density at radius 1 is 0.955 bits per heavy atom. The Bertz CT molecular complexity index is 816. The smallest absolute Gasteiger partial charge is 0.130 e. The minimum Gasteiger partial charge on any atom is -0.340 e. The summed E-state index contributed by atoms with van der Waals surface area (Å²) in [4.78, 5) is 0. The molecule has 3 heteroatoms. The first-order valence-corrected chi connectivity index (χ1v) is 7.46. The number of benzene rings is 2. The topological polar surface area (TPSA) is 29.9 Å². The zero-order valence-corrected chi connectivity index (χ0v) is 12.4. The number of nitrogens with one attached hydrogen (secondary N) is 1. The van der Waals surface area contributed by atoms with Crippen LogP contribution in [-0.4, -0.2) is 9.78 Å². The van der Waals surface area contributed by atoms with E-state index in [0.29, 0.717) is 0 Å². The van der Waals surface area contributed by atoms with Gasteiger partial charge in [-0.25, -0.2) is 4.68 Å². The average molecular weight is 287 g/mol. The lowest BCUT2D eigenvalue weighted by molar-refractivity contribution is 0.608. The van der Waals surface area contributed by atoms with Crippen LogP contribution in [0, 0.1) is 6.92 Å². The van der Waals surface area contributed by atoms with Crippen LogP contribution < -0.4 is 5.32 Å². The Hall–Kier alpha value is -2.81. The number of allylic oxidation sites excluding steroid dienone is 1. The van der Waals surface area contributed by atoms with Gasteiger partial charge in [-0.2, -0.15) is 5.10 Å². The molecule has 3 nitrogen and oxygen atoms in total. The number of hydrogen-bond donors (Lipinski definition) is 1. The molecule has 3 aromatic rings. The van der Waals surface area contributed by atoms with E-state index >= 15 is 0 Å². The molecule has 4 rings (SSSR count).